The largest absolute Gasteiger partial charge is 0.462 e. The number of hydrogen-bond acceptors (Lipinski definition) is 6. The van der Waals surface area contributed by atoms with Crippen molar-refractivity contribution in [2.24, 2.45) is 5.92 Å². The first-order chi connectivity index (χ1) is 14.0. The van der Waals surface area contributed by atoms with Gasteiger partial charge in [0.1, 0.15) is 24.1 Å². The van der Waals surface area contributed by atoms with E-state index in [-0.39, 0.29) is 19.1 Å². The topological polar surface area (TPSA) is 103 Å². The summed E-state index contributed by atoms with van der Waals surface area (Å²) in [7, 11) is 0. The van der Waals surface area contributed by atoms with Crippen molar-refractivity contribution in [2.75, 3.05) is 13.2 Å². The zero-order valence-corrected chi connectivity index (χ0v) is 16.3. The lowest BCUT2D eigenvalue weighted by atomic mass is 10.1. The number of esters is 1. The molecule has 0 radical (unpaired) electrons. The molecule has 0 spiro atoms. The second kappa shape index (κ2) is 11.3. The van der Waals surface area contributed by atoms with Crippen molar-refractivity contribution < 1.29 is 28.6 Å². The molecule has 2 N–H and O–H groups in total. The van der Waals surface area contributed by atoms with Crippen molar-refractivity contribution in [3.63, 3.8) is 0 Å². The second-order valence-electron chi connectivity index (χ2n) is 6.37. The smallest absolute Gasteiger partial charge is 0.413 e. The van der Waals surface area contributed by atoms with E-state index in [9.17, 15) is 14.4 Å². The van der Waals surface area contributed by atoms with Crippen LogP contribution in [0.2, 0.25) is 0 Å². The van der Waals surface area contributed by atoms with E-state index < -0.39 is 24.2 Å². The first-order valence-electron chi connectivity index (χ1n) is 9.16. The number of benzene rings is 2. The van der Waals surface area contributed by atoms with Crippen molar-refractivity contribution >= 4 is 18.2 Å². The van der Waals surface area contributed by atoms with Crippen molar-refractivity contribution in [1.29, 1.82) is 0 Å². The minimum Gasteiger partial charge on any atom is -0.462 e. The van der Waals surface area contributed by atoms with Crippen LogP contribution in [0.5, 0.6) is 11.5 Å². The van der Waals surface area contributed by atoms with Crippen LogP contribution in [0.25, 0.3) is 0 Å². The summed E-state index contributed by atoms with van der Waals surface area (Å²) < 4.78 is 15.3. The zero-order valence-electron chi connectivity index (χ0n) is 16.3. The summed E-state index contributed by atoms with van der Waals surface area (Å²) in [5.74, 6) is -0.0740. The molecule has 0 fully saturated rings. The highest BCUT2D eigenvalue weighted by molar-refractivity contribution is 5.82. The van der Waals surface area contributed by atoms with Crippen LogP contribution in [0.15, 0.2) is 60.7 Å². The van der Waals surface area contributed by atoms with Crippen LogP contribution in [0, 0.1) is 5.92 Å². The maximum Gasteiger partial charge on any atom is 0.413 e. The fourth-order valence-corrected chi connectivity index (χ4v) is 2.28. The van der Waals surface area contributed by atoms with E-state index in [0.717, 1.165) is 0 Å². The third kappa shape index (κ3) is 7.92. The number of carbonyl (C=O) groups excluding carboxylic acids is 3. The predicted octanol–water partition coefficient (Wildman–Crippen LogP) is 3.13. The molecule has 29 heavy (non-hydrogen) atoms. The lowest BCUT2D eigenvalue weighted by molar-refractivity contribution is -0.147. The molecule has 0 bridgehead atoms. The van der Waals surface area contributed by atoms with E-state index in [2.05, 4.69) is 10.6 Å². The van der Waals surface area contributed by atoms with E-state index in [1.165, 1.54) is 0 Å². The third-order valence-corrected chi connectivity index (χ3v) is 3.72. The third-order valence-electron chi connectivity index (χ3n) is 3.72. The summed E-state index contributed by atoms with van der Waals surface area (Å²) in [6.07, 6.45) is -1.41. The van der Waals surface area contributed by atoms with Gasteiger partial charge in [-0.15, -0.1) is 0 Å². The molecule has 0 aromatic heterocycles. The average molecular weight is 400 g/mol. The number of amides is 2. The van der Waals surface area contributed by atoms with Gasteiger partial charge in [0, 0.05) is 0 Å². The molecule has 0 heterocycles. The van der Waals surface area contributed by atoms with Crippen LogP contribution in [-0.2, 0) is 9.53 Å². The number of nitrogens with one attached hydrogen (secondary N) is 2. The highest BCUT2D eigenvalue weighted by Gasteiger charge is 2.26. The van der Waals surface area contributed by atoms with Gasteiger partial charge >= 0.3 is 18.2 Å². The van der Waals surface area contributed by atoms with Crippen LogP contribution >= 0.6 is 0 Å². The Hall–Kier alpha value is -3.55. The Bertz CT molecular complexity index is 795. The van der Waals surface area contributed by atoms with Crippen LogP contribution in [0.1, 0.15) is 13.8 Å². The standard InChI is InChI=1S/C21H24N2O6/c1-15(2)18(23-21(26)29-17-11-7-4-8-12-17)19(24)27-14-13-22-20(25)28-16-9-5-3-6-10-16/h3-12,15,18H,13-14H2,1-2H3,(H,22,25)(H,23,26). The van der Waals surface area contributed by atoms with Crippen molar-refractivity contribution in [3.05, 3.63) is 60.7 Å². The molecule has 0 aliphatic rings. The van der Waals surface area contributed by atoms with Crippen molar-refractivity contribution in [3.8, 4) is 11.5 Å². The molecule has 0 saturated carbocycles. The molecule has 2 aromatic rings. The lowest BCUT2D eigenvalue weighted by Gasteiger charge is -2.20. The Morgan fingerprint density at radius 1 is 0.828 bits per heavy atom. The molecule has 8 heteroatoms. The molecule has 1 unspecified atom stereocenters. The maximum atomic E-state index is 12.3. The Kier molecular flexibility index (Phi) is 8.50. The van der Waals surface area contributed by atoms with Gasteiger partial charge in [-0.05, 0) is 30.2 Å². The molecular weight excluding hydrogens is 376 g/mol. The summed E-state index contributed by atoms with van der Waals surface area (Å²) in [6.45, 7) is 3.53. The van der Waals surface area contributed by atoms with Gasteiger partial charge in [-0.1, -0.05) is 50.2 Å². The molecule has 2 aromatic carbocycles. The second-order valence-corrected chi connectivity index (χ2v) is 6.37. The molecule has 0 aliphatic carbocycles. The summed E-state index contributed by atoms with van der Waals surface area (Å²) in [4.78, 5) is 36.0. The highest BCUT2D eigenvalue weighted by atomic mass is 16.6. The summed E-state index contributed by atoms with van der Waals surface area (Å²) in [5.41, 5.74) is 0. The molecule has 0 saturated heterocycles. The van der Waals surface area contributed by atoms with Crippen LogP contribution in [0.3, 0.4) is 0 Å². The summed E-state index contributed by atoms with van der Waals surface area (Å²) in [6, 6.07) is 16.2. The monoisotopic (exact) mass is 400 g/mol. The molecule has 1 atom stereocenters. The van der Waals surface area contributed by atoms with E-state index in [0.29, 0.717) is 11.5 Å². The number of hydrogen-bond donors (Lipinski definition) is 2. The number of rotatable bonds is 8. The Morgan fingerprint density at radius 2 is 1.34 bits per heavy atom. The van der Waals surface area contributed by atoms with Gasteiger partial charge in [0.15, 0.2) is 0 Å². The van der Waals surface area contributed by atoms with Gasteiger partial charge in [0.05, 0.1) is 6.54 Å². The van der Waals surface area contributed by atoms with E-state index in [1.54, 1.807) is 74.5 Å². The number of ether oxygens (including phenoxy) is 3. The van der Waals surface area contributed by atoms with E-state index >= 15 is 0 Å². The first-order valence-corrected chi connectivity index (χ1v) is 9.16. The normalized spacial score (nSPS) is 11.3. The SMILES string of the molecule is CC(C)C(NC(=O)Oc1ccccc1)C(=O)OCCNC(=O)Oc1ccccc1. The van der Waals surface area contributed by atoms with Crippen molar-refractivity contribution in [1.82, 2.24) is 10.6 Å². The fraction of sp³-hybridized carbons (Fsp3) is 0.286. The van der Waals surface area contributed by atoms with Gasteiger partial charge < -0.3 is 24.8 Å². The maximum absolute atomic E-state index is 12.3. The Balaban J connectivity index is 1.73. The van der Waals surface area contributed by atoms with Gasteiger partial charge in [-0.25, -0.2) is 14.4 Å². The number of para-hydroxylation sites is 2. The van der Waals surface area contributed by atoms with E-state index in [4.69, 9.17) is 14.2 Å². The van der Waals surface area contributed by atoms with Gasteiger partial charge in [0.2, 0.25) is 0 Å². The van der Waals surface area contributed by atoms with E-state index in [1.807, 2.05) is 0 Å². The quantitative estimate of drug-likeness (QED) is 0.521. The van der Waals surface area contributed by atoms with Crippen LogP contribution in [0.4, 0.5) is 9.59 Å². The molecule has 2 amide bonds. The Morgan fingerprint density at radius 3 is 1.86 bits per heavy atom. The minimum absolute atomic E-state index is 0.0662. The fourth-order valence-electron chi connectivity index (χ4n) is 2.28. The molecule has 2 rings (SSSR count). The minimum atomic E-state index is -0.887. The molecule has 8 nitrogen and oxygen atoms in total. The summed E-state index contributed by atoms with van der Waals surface area (Å²) >= 11 is 0. The molecule has 0 aliphatic heterocycles. The lowest BCUT2D eigenvalue weighted by Crippen LogP contribution is -2.47. The van der Waals surface area contributed by atoms with Crippen LogP contribution in [-0.4, -0.2) is 37.3 Å². The van der Waals surface area contributed by atoms with Crippen LogP contribution < -0.4 is 20.1 Å². The molecule has 154 valence electrons. The van der Waals surface area contributed by atoms with Gasteiger partial charge in [0.25, 0.3) is 0 Å². The predicted molar refractivity (Wildman–Crippen MR) is 106 cm³/mol. The highest BCUT2D eigenvalue weighted by Crippen LogP contribution is 2.10. The molecular formula is C21H24N2O6. The van der Waals surface area contributed by atoms with Gasteiger partial charge in [-0.3, -0.25) is 0 Å². The summed E-state index contributed by atoms with van der Waals surface area (Å²) in [5, 5.41) is 4.98. The zero-order chi connectivity index (χ0) is 21.1. The number of carbonyl (C=O) groups is 3. The Labute approximate surface area is 169 Å². The average Bonchev–Trinajstić information content (AvgIpc) is 2.70. The van der Waals surface area contributed by atoms with Gasteiger partial charge in [-0.2, -0.15) is 0 Å². The van der Waals surface area contributed by atoms with Crippen molar-refractivity contribution in [2.45, 2.75) is 19.9 Å². The first kappa shape index (κ1) is 21.7.